The predicted molar refractivity (Wildman–Crippen MR) is 123 cm³/mol. The Morgan fingerprint density at radius 2 is 1.93 bits per heavy atom. The van der Waals surface area contributed by atoms with E-state index in [1.807, 2.05) is 12.1 Å². The van der Waals surface area contributed by atoms with E-state index < -0.39 is 0 Å². The zero-order chi connectivity index (χ0) is 21.3. The van der Waals surface area contributed by atoms with Gasteiger partial charge in [0.1, 0.15) is 0 Å². The van der Waals surface area contributed by atoms with E-state index in [2.05, 4.69) is 0 Å². The van der Waals surface area contributed by atoms with Crippen LogP contribution in [0.15, 0.2) is 51.2 Å². The smallest absolute Gasteiger partial charge is 0.272 e. The number of methoxy groups -OCH3 is 2. The van der Waals surface area contributed by atoms with E-state index in [1.54, 1.807) is 54.8 Å². The lowest BCUT2D eigenvalue weighted by Gasteiger charge is -2.16. The first-order valence-electron chi connectivity index (χ1n) is 9.09. The summed E-state index contributed by atoms with van der Waals surface area (Å²) in [6.45, 7) is 0. The Kier molecular flexibility index (Phi) is 6.53. The number of aryl methyl sites for hydroxylation is 1. The molecule has 1 aliphatic heterocycles. The molecule has 0 N–H and O–H groups in total. The molecule has 0 fully saturated rings. The van der Waals surface area contributed by atoms with Gasteiger partial charge in [0, 0.05) is 34.0 Å². The number of nitrogens with zero attached hydrogens (tertiary/aromatic N) is 2. The molecule has 2 heterocycles. The number of ether oxygens (including phenoxy) is 2. The zero-order valence-corrected chi connectivity index (χ0v) is 19.4. The van der Waals surface area contributed by atoms with E-state index >= 15 is 0 Å². The molecule has 0 saturated heterocycles. The summed E-state index contributed by atoms with van der Waals surface area (Å²) in [5.74, 6) is 2.56. The average molecular weight is 481 g/mol. The summed E-state index contributed by atoms with van der Waals surface area (Å²) < 4.78 is 12.4. The van der Waals surface area contributed by atoms with E-state index in [4.69, 9.17) is 37.7 Å². The third-order valence-corrected chi connectivity index (χ3v) is 7.35. The van der Waals surface area contributed by atoms with Crippen LogP contribution in [-0.2, 0) is 12.2 Å². The Morgan fingerprint density at radius 3 is 2.67 bits per heavy atom. The number of thioether (sulfide) groups is 2. The quantitative estimate of drug-likeness (QED) is 0.343. The highest BCUT2D eigenvalue weighted by molar-refractivity contribution is 7.99. The van der Waals surface area contributed by atoms with Crippen molar-refractivity contribution in [1.29, 1.82) is 0 Å². The van der Waals surface area contributed by atoms with Crippen LogP contribution in [0.2, 0.25) is 10.0 Å². The minimum Gasteiger partial charge on any atom is -0.493 e. The number of rotatable bonds is 6. The second-order valence-electron chi connectivity index (χ2n) is 6.47. The standard InChI is InChI=1S/C21H18Cl2N2O3S2/c1-27-17-6-5-14(10-18(17)28-2)25-20(26)19-16(7-8-29-19)24-21(25)30-11-12-3-4-13(22)9-15(12)23/h3-6,9-10H,7-8,11H2,1-2H3. The van der Waals surface area contributed by atoms with Gasteiger partial charge in [0.25, 0.3) is 5.56 Å². The van der Waals surface area contributed by atoms with Crippen LogP contribution in [0, 0.1) is 0 Å². The number of hydrogen-bond acceptors (Lipinski definition) is 6. The molecule has 0 bridgehead atoms. The van der Waals surface area contributed by atoms with E-state index in [0.717, 1.165) is 23.4 Å². The first-order valence-corrected chi connectivity index (χ1v) is 11.8. The van der Waals surface area contributed by atoms with Crippen molar-refractivity contribution in [2.75, 3.05) is 20.0 Å². The van der Waals surface area contributed by atoms with Crippen LogP contribution in [0.25, 0.3) is 5.69 Å². The van der Waals surface area contributed by atoms with E-state index in [9.17, 15) is 4.79 Å². The third kappa shape index (κ3) is 4.17. The molecule has 0 atom stereocenters. The first kappa shape index (κ1) is 21.4. The zero-order valence-electron chi connectivity index (χ0n) is 16.3. The van der Waals surface area contributed by atoms with Crippen LogP contribution in [-0.4, -0.2) is 29.5 Å². The molecular weight excluding hydrogens is 463 g/mol. The SMILES string of the molecule is COc1ccc(-n2c(SCc3ccc(Cl)cc3Cl)nc3c(c2=O)SCC3)cc1OC. The summed E-state index contributed by atoms with van der Waals surface area (Å²) >= 11 is 15.3. The van der Waals surface area contributed by atoms with Gasteiger partial charge < -0.3 is 9.47 Å². The molecule has 4 rings (SSSR count). The largest absolute Gasteiger partial charge is 0.493 e. The summed E-state index contributed by atoms with van der Waals surface area (Å²) in [6, 6.07) is 10.8. The molecule has 0 saturated carbocycles. The Labute approximate surface area is 192 Å². The van der Waals surface area contributed by atoms with Crippen molar-refractivity contribution in [3.63, 3.8) is 0 Å². The molecular formula is C21H18Cl2N2O3S2. The normalized spacial score (nSPS) is 12.7. The molecule has 9 heteroatoms. The maximum absolute atomic E-state index is 13.3. The summed E-state index contributed by atoms with van der Waals surface area (Å²) in [5, 5.41) is 1.79. The van der Waals surface area contributed by atoms with Crippen molar-refractivity contribution in [1.82, 2.24) is 9.55 Å². The van der Waals surface area contributed by atoms with Crippen molar-refractivity contribution in [3.05, 3.63) is 68.1 Å². The van der Waals surface area contributed by atoms with Crippen molar-refractivity contribution in [3.8, 4) is 17.2 Å². The molecule has 156 valence electrons. The Morgan fingerprint density at radius 1 is 1.13 bits per heavy atom. The number of halogens is 2. The lowest BCUT2D eigenvalue weighted by Crippen LogP contribution is -2.23. The summed E-state index contributed by atoms with van der Waals surface area (Å²) in [5.41, 5.74) is 2.38. The molecule has 0 radical (unpaired) electrons. The molecule has 0 spiro atoms. The highest BCUT2D eigenvalue weighted by Gasteiger charge is 2.23. The van der Waals surface area contributed by atoms with Crippen LogP contribution in [0.3, 0.4) is 0 Å². The maximum Gasteiger partial charge on any atom is 0.272 e. The van der Waals surface area contributed by atoms with E-state index in [1.165, 1.54) is 11.8 Å². The minimum absolute atomic E-state index is 0.0700. The summed E-state index contributed by atoms with van der Waals surface area (Å²) in [7, 11) is 3.15. The lowest BCUT2D eigenvalue weighted by atomic mass is 10.2. The molecule has 0 amide bonds. The van der Waals surface area contributed by atoms with Gasteiger partial charge in [0.2, 0.25) is 0 Å². The second-order valence-corrected chi connectivity index (χ2v) is 9.36. The second kappa shape index (κ2) is 9.14. The molecule has 0 aliphatic carbocycles. The lowest BCUT2D eigenvalue weighted by molar-refractivity contribution is 0.354. The molecule has 3 aromatic rings. The van der Waals surface area contributed by atoms with Gasteiger partial charge in [0.15, 0.2) is 16.7 Å². The Hall–Kier alpha value is -1.80. The summed E-state index contributed by atoms with van der Waals surface area (Å²) in [4.78, 5) is 18.9. The van der Waals surface area contributed by atoms with Crippen molar-refractivity contribution >= 4 is 46.7 Å². The van der Waals surface area contributed by atoms with Crippen LogP contribution in [0.5, 0.6) is 11.5 Å². The fraction of sp³-hybridized carbons (Fsp3) is 0.238. The van der Waals surface area contributed by atoms with Crippen LogP contribution in [0.1, 0.15) is 11.3 Å². The van der Waals surface area contributed by atoms with Gasteiger partial charge in [-0.05, 0) is 29.8 Å². The average Bonchev–Trinajstić information content (AvgIpc) is 3.22. The molecule has 2 aromatic carbocycles. The highest BCUT2D eigenvalue weighted by Crippen LogP contribution is 2.34. The molecule has 5 nitrogen and oxygen atoms in total. The number of aromatic nitrogens is 2. The molecule has 30 heavy (non-hydrogen) atoms. The number of fused-ring (bicyclic) bond motifs is 1. The monoisotopic (exact) mass is 480 g/mol. The number of hydrogen-bond donors (Lipinski definition) is 0. The van der Waals surface area contributed by atoms with Gasteiger partial charge >= 0.3 is 0 Å². The third-order valence-electron chi connectivity index (χ3n) is 4.66. The number of benzene rings is 2. The predicted octanol–water partition coefficient (Wildman–Crippen LogP) is 5.50. The fourth-order valence-corrected chi connectivity index (χ4v) is 5.77. The minimum atomic E-state index is -0.0700. The van der Waals surface area contributed by atoms with Gasteiger partial charge in [-0.2, -0.15) is 0 Å². The van der Waals surface area contributed by atoms with E-state index in [0.29, 0.717) is 43.0 Å². The molecule has 1 aliphatic rings. The topological polar surface area (TPSA) is 53.4 Å². The summed E-state index contributed by atoms with van der Waals surface area (Å²) in [6.07, 6.45) is 0.789. The first-order chi connectivity index (χ1) is 14.5. The van der Waals surface area contributed by atoms with Gasteiger partial charge in [-0.25, -0.2) is 4.98 Å². The van der Waals surface area contributed by atoms with Gasteiger partial charge in [-0.3, -0.25) is 9.36 Å². The Bertz CT molecular complexity index is 1170. The van der Waals surface area contributed by atoms with Crippen molar-refractivity contribution in [2.45, 2.75) is 22.2 Å². The van der Waals surface area contributed by atoms with Crippen LogP contribution in [0.4, 0.5) is 0 Å². The molecule has 0 unspecified atom stereocenters. The van der Waals surface area contributed by atoms with Crippen molar-refractivity contribution in [2.24, 2.45) is 0 Å². The maximum atomic E-state index is 13.3. The van der Waals surface area contributed by atoms with Crippen LogP contribution >= 0.6 is 46.7 Å². The van der Waals surface area contributed by atoms with Gasteiger partial charge in [-0.15, -0.1) is 11.8 Å². The molecule has 1 aromatic heterocycles. The van der Waals surface area contributed by atoms with Crippen molar-refractivity contribution < 1.29 is 9.47 Å². The van der Waals surface area contributed by atoms with Gasteiger partial charge in [0.05, 0.1) is 30.5 Å². The Balaban J connectivity index is 1.78. The van der Waals surface area contributed by atoms with Gasteiger partial charge in [-0.1, -0.05) is 41.0 Å². The van der Waals surface area contributed by atoms with Crippen LogP contribution < -0.4 is 15.0 Å². The fourth-order valence-electron chi connectivity index (χ4n) is 3.16. The van der Waals surface area contributed by atoms with E-state index in [-0.39, 0.29) is 5.56 Å². The highest BCUT2D eigenvalue weighted by atomic mass is 35.5.